The van der Waals surface area contributed by atoms with Crippen LogP contribution in [-0.2, 0) is 10.0 Å². The molecule has 1 aliphatic heterocycles. The maximum Gasteiger partial charge on any atom is 0.243 e. The molecule has 1 unspecified atom stereocenters. The van der Waals surface area contributed by atoms with Crippen LogP contribution in [0.2, 0.25) is 5.02 Å². The molecule has 3 nitrogen and oxygen atoms in total. The third-order valence-corrected chi connectivity index (χ3v) is 5.44. The third kappa shape index (κ3) is 2.64. The van der Waals surface area contributed by atoms with E-state index in [1.165, 1.54) is 0 Å². The van der Waals surface area contributed by atoms with Crippen molar-refractivity contribution < 1.29 is 8.42 Å². The smallest absolute Gasteiger partial charge is 0.207 e. The minimum absolute atomic E-state index is 0.0874. The minimum atomic E-state index is -3.35. The van der Waals surface area contributed by atoms with Gasteiger partial charge >= 0.3 is 0 Å². The van der Waals surface area contributed by atoms with E-state index in [1.807, 2.05) is 6.92 Å². The van der Waals surface area contributed by atoms with E-state index in [0.717, 1.165) is 19.3 Å². The van der Waals surface area contributed by atoms with Crippen LogP contribution in [0, 0.1) is 0 Å². The summed E-state index contributed by atoms with van der Waals surface area (Å²) in [5.74, 6) is 0. The summed E-state index contributed by atoms with van der Waals surface area (Å²) in [6.07, 6.45) is 2.98. The average Bonchev–Trinajstić information content (AvgIpc) is 2.30. The molecular formula is C12H16ClNO2S. The first kappa shape index (κ1) is 12.9. The SMILES string of the molecule is CC1CCCCN1S(=O)(=O)c1ccc(Cl)cc1. The van der Waals surface area contributed by atoms with Crippen molar-refractivity contribution in [2.75, 3.05) is 6.54 Å². The molecule has 1 saturated heterocycles. The van der Waals surface area contributed by atoms with Crippen LogP contribution in [0.4, 0.5) is 0 Å². The van der Waals surface area contributed by atoms with Crippen LogP contribution in [0.1, 0.15) is 26.2 Å². The molecule has 1 aromatic carbocycles. The molecule has 0 radical (unpaired) electrons. The molecule has 0 bridgehead atoms. The first-order chi connectivity index (χ1) is 8.01. The largest absolute Gasteiger partial charge is 0.243 e. The number of rotatable bonds is 2. The van der Waals surface area contributed by atoms with Crippen molar-refractivity contribution >= 4 is 21.6 Å². The second kappa shape index (κ2) is 4.96. The van der Waals surface area contributed by atoms with Crippen LogP contribution in [0.25, 0.3) is 0 Å². The molecule has 0 saturated carbocycles. The highest BCUT2D eigenvalue weighted by Crippen LogP contribution is 2.25. The highest BCUT2D eigenvalue weighted by Gasteiger charge is 2.30. The van der Waals surface area contributed by atoms with Gasteiger partial charge in [0.05, 0.1) is 4.90 Å². The van der Waals surface area contributed by atoms with E-state index in [9.17, 15) is 8.42 Å². The van der Waals surface area contributed by atoms with Crippen LogP contribution in [-0.4, -0.2) is 25.3 Å². The second-order valence-corrected chi connectivity index (χ2v) is 6.74. The molecule has 94 valence electrons. The van der Waals surface area contributed by atoms with Gasteiger partial charge in [-0.25, -0.2) is 8.42 Å². The van der Waals surface area contributed by atoms with Crippen LogP contribution >= 0.6 is 11.6 Å². The molecule has 1 fully saturated rings. The molecule has 1 aliphatic rings. The van der Waals surface area contributed by atoms with E-state index in [0.29, 0.717) is 16.5 Å². The minimum Gasteiger partial charge on any atom is -0.207 e. The Kier molecular flexibility index (Phi) is 3.76. The number of nitrogens with zero attached hydrogens (tertiary/aromatic N) is 1. The van der Waals surface area contributed by atoms with Gasteiger partial charge in [-0.05, 0) is 44.0 Å². The summed E-state index contributed by atoms with van der Waals surface area (Å²) in [5.41, 5.74) is 0. The Labute approximate surface area is 107 Å². The quantitative estimate of drug-likeness (QED) is 0.831. The Bertz CT molecular complexity index is 484. The summed E-state index contributed by atoms with van der Waals surface area (Å²) < 4.78 is 26.4. The topological polar surface area (TPSA) is 37.4 Å². The Morgan fingerprint density at radius 2 is 1.88 bits per heavy atom. The fourth-order valence-electron chi connectivity index (χ4n) is 2.17. The van der Waals surface area contributed by atoms with E-state index < -0.39 is 10.0 Å². The lowest BCUT2D eigenvalue weighted by molar-refractivity contribution is 0.268. The van der Waals surface area contributed by atoms with E-state index in [-0.39, 0.29) is 6.04 Å². The van der Waals surface area contributed by atoms with Gasteiger partial charge in [-0.15, -0.1) is 0 Å². The van der Waals surface area contributed by atoms with Gasteiger partial charge in [-0.3, -0.25) is 0 Å². The average molecular weight is 274 g/mol. The van der Waals surface area contributed by atoms with Gasteiger partial charge in [-0.2, -0.15) is 4.31 Å². The van der Waals surface area contributed by atoms with Crippen molar-refractivity contribution in [3.63, 3.8) is 0 Å². The van der Waals surface area contributed by atoms with Gasteiger partial charge in [0.25, 0.3) is 0 Å². The zero-order valence-corrected chi connectivity index (χ0v) is 11.3. The van der Waals surface area contributed by atoms with Gasteiger partial charge in [-0.1, -0.05) is 18.0 Å². The monoisotopic (exact) mass is 273 g/mol. The van der Waals surface area contributed by atoms with Gasteiger partial charge in [0.1, 0.15) is 0 Å². The van der Waals surface area contributed by atoms with Crippen molar-refractivity contribution in [3.05, 3.63) is 29.3 Å². The Morgan fingerprint density at radius 3 is 2.47 bits per heavy atom. The zero-order chi connectivity index (χ0) is 12.5. The normalized spacial score (nSPS) is 22.6. The standard InChI is InChI=1S/C12H16ClNO2S/c1-10-4-2-3-9-14(10)17(15,16)12-7-5-11(13)6-8-12/h5-8,10H,2-4,9H2,1H3. The number of hydrogen-bond acceptors (Lipinski definition) is 2. The predicted octanol–water partition coefficient (Wildman–Crippen LogP) is 2.90. The van der Waals surface area contributed by atoms with Crippen LogP contribution in [0.3, 0.4) is 0 Å². The summed E-state index contributed by atoms with van der Waals surface area (Å²) >= 11 is 5.77. The molecule has 1 heterocycles. The molecule has 2 rings (SSSR count). The van der Waals surface area contributed by atoms with Gasteiger partial charge in [0.15, 0.2) is 0 Å². The summed E-state index contributed by atoms with van der Waals surface area (Å²) in [6, 6.07) is 6.45. The van der Waals surface area contributed by atoms with Crippen molar-refractivity contribution in [1.29, 1.82) is 0 Å². The molecule has 5 heteroatoms. The molecule has 0 amide bonds. The lowest BCUT2D eigenvalue weighted by Crippen LogP contribution is -2.41. The van der Waals surface area contributed by atoms with Gasteiger partial charge < -0.3 is 0 Å². The molecule has 1 atom stereocenters. The van der Waals surface area contributed by atoms with E-state index >= 15 is 0 Å². The number of halogens is 1. The summed E-state index contributed by atoms with van der Waals surface area (Å²) in [5, 5.41) is 0.552. The first-order valence-electron chi connectivity index (χ1n) is 5.79. The molecule has 0 aliphatic carbocycles. The summed E-state index contributed by atoms with van der Waals surface area (Å²) in [4.78, 5) is 0.329. The van der Waals surface area contributed by atoms with E-state index in [2.05, 4.69) is 0 Å². The highest BCUT2D eigenvalue weighted by atomic mass is 35.5. The van der Waals surface area contributed by atoms with E-state index in [4.69, 9.17) is 11.6 Å². The summed E-state index contributed by atoms with van der Waals surface area (Å²) in [7, 11) is -3.35. The second-order valence-electron chi connectivity index (χ2n) is 4.41. The lowest BCUT2D eigenvalue weighted by atomic mass is 10.1. The fraction of sp³-hybridized carbons (Fsp3) is 0.500. The van der Waals surface area contributed by atoms with Crippen LogP contribution in [0.15, 0.2) is 29.2 Å². The van der Waals surface area contributed by atoms with E-state index in [1.54, 1.807) is 28.6 Å². The number of piperidine rings is 1. The molecule has 0 aromatic heterocycles. The van der Waals surface area contributed by atoms with Crippen molar-refractivity contribution in [3.8, 4) is 0 Å². The molecule has 0 spiro atoms. The summed E-state index contributed by atoms with van der Waals surface area (Å²) in [6.45, 7) is 2.58. The Balaban J connectivity index is 2.32. The molecule has 1 aromatic rings. The van der Waals surface area contributed by atoms with Crippen molar-refractivity contribution in [1.82, 2.24) is 4.31 Å². The van der Waals surface area contributed by atoms with Crippen molar-refractivity contribution in [2.24, 2.45) is 0 Å². The first-order valence-corrected chi connectivity index (χ1v) is 7.61. The Morgan fingerprint density at radius 1 is 1.24 bits per heavy atom. The predicted molar refractivity (Wildman–Crippen MR) is 68.7 cm³/mol. The number of benzene rings is 1. The third-order valence-electron chi connectivity index (χ3n) is 3.16. The fourth-order valence-corrected chi connectivity index (χ4v) is 4.00. The zero-order valence-electron chi connectivity index (χ0n) is 9.77. The number of sulfonamides is 1. The van der Waals surface area contributed by atoms with Crippen molar-refractivity contribution in [2.45, 2.75) is 37.1 Å². The maximum atomic E-state index is 12.4. The van der Waals surface area contributed by atoms with Gasteiger partial charge in [0.2, 0.25) is 10.0 Å². The Hall–Kier alpha value is -0.580. The molecule has 17 heavy (non-hydrogen) atoms. The lowest BCUT2D eigenvalue weighted by Gasteiger charge is -2.32. The van der Waals surface area contributed by atoms with Crippen LogP contribution < -0.4 is 0 Å². The van der Waals surface area contributed by atoms with Gasteiger partial charge in [0, 0.05) is 17.6 Å². The molecular weight excluding hydrogens is 258 g/mol. The number of hydrogen-bond donors (Lipinski definition) is 0. The molecule has 0 N–H and O–H groups in total. The van der Waals surface area contributed by atoms with Crippen LogP contribution in [0.5, 0.6) is 0 Å². The maximum absolute atomic E-state index is 12.4. The highest BCUT2D eigenvalue weighted by molar-refractivity contribution is 7.89.